The number of benzene rings is 1. The lowest BCUT2D eigenvalue weighted by Gasteiger charge is -2.39. The predicted octanol–water partition coefficient (Wildman–Crippen LogP) is 2.60. The first-order valence-electron chi connectivity index (χ1n) is 7.04. The average molecular weight is 262 g/mol. The fourth-order valence-corrected chi connectivity index (χ4v) is 2.80. The Morgan fingerprint density at radius 1 is 1.42 bits per heavy atom. The van der Waals surface area contributed by atoms with Crippen molar-refractivity contribution < 1.29 is 4.74 Å². The summed E-state index contributed by atoms with van der Waals surface area (Å²) in [7, 11) is 3.94. The van der Waals surface area contributed by atoms with E-state index in [1.165, 1.54) is 11.1 Å². The zero-order chi connectivity index (χ0) is 14.0. The minimum Gasteiger partial charge on any atom is -0.497 e. The Morgan fingerprint density at radius 2 is 2.16 bits per heavy atom. The molecule has 2 rings (SSSR count). The minimum atomic E-state index is 0.163. The van der Waals surface area contributed by atoms with E-state index in [1.807, 2.05) is 0 Å². The Morgan fingerprint density at radius 3 is 2.79 bits per heavy atom. The van der Waals surface area contributed by atoms with Crippen LogP contribution in [0.2, 0.25) is 0 Å². The molecule has 1 unspecified atom stereocenters. The molecule has 1 aliphatic rings. The summed E-state index contributed by atoms with van der Waals surface area (Å²) in [6, 6.07) is 6.92. The number of hydrogen-bond acceptors (Lipinski definition) is 3. The number of rotatable bonds is 4. The maximum Gasteiger partial charge on any atom is 0.119 e. The predicted molar refractivity (Wildman–Crippen MR) is 79.5 cm³/mol. The van der Waals surface area contributed by atoms with E-state index >= 15 is 0 Å². The van der Waals surface area contributed by atoms with Gasteiger partial charge in [0.25, 0.3) is 0 Å². The molecule has 1 aliphatic heterocycles. The molecular weight excluding hydrogens is 236 g/mol. The van der Waals surface area contributed by atoms with Gasteiger partial charge >= 0.3 is 0 Å². The number of nitrogens with two attached hydrogens (primary N) is 1. The zero-order valence-electron chi connectivity index (χ0n) is 12.6. The maximum atomic E-state index is 5.90. The summed E-state index contributed by atoms with van der Waals surface area (Å²) in [5.41, 5.74) is 8.93. The van der Waals surface area contributed by atoms with Crippen LogP contribution in [0.5, 0.6) is 5.75 Å². The summed E-state index contributed by atoms with van der Waals surface area (Å²) < 4.78 is 5.38. The third-order valence-electron chi connectivity index (χ3n) is 4.28. The highest BCUT2D eigenvalue weighted by molar-refractivity contribution is 5.39. The van der Waals surface area contributed by atoms with E-state index in [1.54, 1.807) is 7.11 Å². The van der Waals surface area contributed by atoms with Crippen molar-refractivity contribution in [2.24, 2.45) is 11.1 Å². The van der Waals surface area contributed by atoms with Crippen LogP contribution in [-0.2, 0) is 6.42 Å². The van der Waals surface area contributed by atoms with Gasteiger partial charge in [-0.05, 0) is 55.1 Å². The zero-order valence-corrected chi connectivity index (χ0v) is 12.6. The maximum absolute atomic E-state index is 5.90. The lowest BCUT2D eigenvalue weighted by atomic mass is 9.80. The Kier molecular flexibility index (Phi) is 4.16. The summed E-state index contributed by atoms with van der Waals surface area (Å²) in [6.07, 6.45) is 2.20. The highest BCUT2D eigenvalue weighted by Gasteiger charge is 2.30. The van der Waals surface area contributed by atoms with E-state index < -0.39 is 0 Å². The fraction of sp³-hybridized carbons (Fsp3) is 0.625. The molecule has 106 valence electrons. The largest absolute Gasteiger partial charge is 0.497 e. The van der Waals surface area contributed by atoms with Crippen molar-refractivity contribution in [3.05, 3.63) is 29.3 Å². The highest BCUT2D eigenvalue weighted by Crippen LogP contribution is 2.38. The normalized spacial score (nSPS) is 20.2. The van der Waals surface area contributed by atoms with Crippen molar-refractivity contribution in [2.45, 2.75) is 32.7 Å². The molecule has 1 aromatic carbocycles. The molecule has 0 radical (unpaired) electrons. The lowest BCUT2D eigenvalue weighted by Crippen LogP contribution is -2.37. The smallest absolute Gasteiger partial charge is 0.119 e. The van der Waals surface area contributed by atoms with Crippen LogP contribution in [0, 0.1) is 5.41 Å². The van der Waals surface area contributed by atoms with Gasteiger partial charge in [0.1, 0.15) is 5.75 Å². The standard InChI is InChI=1S/C16H26N2O/c1-16(2,11-17)10-15-14-9-13(19-4)6-5-12(14)7-8-18(15)3/h5-6,9,15H,7-8,10-11,17H2,1-4H3. The van der Waals surface area contributed by atoms with Gasteiger partial charge in [-0.2, -0.15) is 0 Å². The quantitative estimate of drug-likeness (QED) is 0.906. The summed E-state index contributed by atoms with van der Waals surface area (Å²) in [4.78, 5) is 2.44. The topological polar surface area (TPSA) is 38.5 Å². The molecule has 19 heavy (non-hydrogen) atoms. The Balaban J connectivity index is 2.33. The van der Waals surface area contributed by atoms with Crippen LogP contribution >= 0.6 is 0 Å². The molecule has 0 bridgehead atoms. The van der Waals surface area contributed by atoms with Crippen LogP contribution < -0.4 is 10.5 Å². The first-order chi connectivity index (χ1) is 8.96. The van der Waals surface area contributed by atoms with Crippen molar-refractivity contribution in [2.75, 3.05) is 27.2 Å². The average Bonchev–Trinajstić information content (AvgIpc) is 2.41. The highest BCUT2D eigenvalue weighted by atomic mass is 16.5. The molecule has 1 heterocycles. The molecule has 0 spiro atoms. The van der Waals surface area contributed by atoms with Crippen LogP contribution in [0.25, 0.3) is 0 Å². The number of ether oxygens (including phenoxy) is 1. The SMILES string of the molecule is COc1ccc2c(c1)C(CC(C)(C)CN)N(C)CC2. The van der Waals surface area contributed by atoms with Gasteiger partial charge in [-0.1, -0.05) is 19.9 Å². The Labute approximate surface area is 116 Å². The van der Waals surface area contributed by atoms with Crippen molar-refractivity contribution in [1.82, 2.24) is 4.90 Å². The van der Waals surface area contributed by atoms with Gasteiger partial charge in [0.05, 0.1) is 7.11 Å². The first kappa shape index (κ1) is 14.4. The number of methoxy groups -OCH3 is 1. The van der Waals surface area contributed by atoms with Crippen molar-refractivity contribution >= 4 is 0 Å². The van der Waals surface area contributed by atoms with E-state index in [0.29, 0.717) is 6.04 Å². The second-order valence-corrected chi connectivity index (χ2v) is 6.38. The van der Waals surface area contributed by atoms with Gasteiger partial charge in [-0.25, -0.2) is 0 Å². The molecule has 0 aliphatic carbocycles. The van der Waals surface area contributed by atoms with Crippen molar-refractivity contribution in [1.29, 1.82) is 0 Å². The van der Waals surface area contributed by atoms with E-state index in [2.05, 4.69) is 44.0 Å². The third-order valence-corrected chi connectivity index (χ3v) is 4.28. The first-order valence-corrected chi connectivity index (χ1v) is 7.04. The second kappa shape index (κ2) is 5.51. The second-order valence-electron chi connectivity index (χ2n) is 6.38. The van der Waals surface area contributed by atoms with Gasteiger partial charge in [-0.15, -0.1) is 0 Å². The van der Waals surface area contributed by atoms with Crippen LogP contribution in [-0.4, -0.2) is 32.1 Å². The molecule has 1 atom stereocenters. The fourth-order valence-electron chi connectivity index (χ4n) is 2.80. The summed E-state index contributed by atoms with van der Waals surface area (Å²) in [5, 5.41) is 0. The van der Waals surface area contributed by atoms with Gasteiger partial charge in [0.15, 0.2) is 0 Å². The molecule has 2 N–H and O–H groups in total. The summed E-state index contributed by atoms with van der Waals surface area (Å²) >= 11 is 0. The van der Waals surface area contributed by atoms with E-state index in [4.69, 9.17) is 10.5 Å². The van der Waals surface area contributed by atoms with E-state index in [0.717, 1.165) is 31.7 Å². The van der Waals surface area contributed by atoms with E-state index in [-0.39, 0.29) is 5.41 Å². The molecule has 0 aromatic heterocycles. The van der Waals surface area contributed by atoms with Crippen LogP contribution in [0.1, 0.15) is 37.4 Å². The van der Waals surface area contributed by atoms with Crippen LogP contribution in [0.4, 0.5) is 0 Å². The molecule has 0 amide bonds. The van der Waals surface area contributed by atoms with Crippen LogP contribution in [0.15, 0.2) is 18.2 Å². The van der Waals surface area contributed by atoms with Crippen LogP contribution in [0.3, 0.4) is 0 Å². The summed E-state index contributed by atoms with van der Waals surface area (Å²) in [6.45, 7) is 6.33. The Hall–Kier alpha value is -1.06. The third kappa shape index (κ3) is 3.10. The molecule has 0 saturated heterocycles. The van der Waals surface area contributed by atoms with Crippen molar-refractivity contribution in [3.63, 3.8) is 0 Å². The molecule has 3 nitrogen and oxygen atoms in total. The number of likely N-dealkylation sites (N-methyl/N-ethyl adjacent to an activating group) is 1. The minimum absolute atomic E-state index is 0.163. The van der Waals surface area contributed by atoms with Gasteiger partial charge in [0, 0.05) is 12.6 Å². The Bertz CT molecular complexity index is 442. The molecule has 0 fully saturated rings. The number of hydrogen-bond donors (Lipinski definition) is 1. The number of fused-ring (bicyclic) bond motifs is 1. The lowest BCUT2D eigenvalue weighted by molar-refractivity contribution is 0.164. The molecule has 0 saturated carbocycles. The van der Waals surface area contributed by atoms with Gasteiger partial charge < -0.3 is 10.5 Å². The monoisotopic (exact) mass is 262 g/mol. The van der Waals surface area contributed by atoms with Gasteiger partial charge in [0.2, 0.25) is 0 Å². The molecular formula is C16H26N2O. The summed E-state index contributed by atoms with van der Waals surface area (Å²) in [5.74, 6) is 0.949. The van der Waals surface area contributed by atoms with E-state index in [9.17, 15) is 0 Å². The molecule has 3 heteroatoms. The van der Waals surface area contributed by atoms with Crippen molar-refractivity contribution in [3.8, 4) is 5.75 Å². The van der Waals surface area contributed by atoms with Gasteiger partial charge in [-0.3, -0.25) is 4.90 Å². The molecule has 1 aromatic rings. The number of nitrogens with zero attached hydrogens (tertiary/aromatic N) is 1.